The van der Waals surface area contributed by atoms with Gasteiger partial charge in [0.15, 0.2) is 0 Å². The monoisotopic (exact) mass is 405 g/mol. The number of benzene rings is 1. The first-order valence-corrected chi connectivity index (χ1v) is 9.81. The van der Waals surface area contributed by atoms with Crippen LogP contribution in [0.15, 0.2) is 55.2 Å². The van der Waals surface area contributed by atoms with Gasteiger partial charge in [0.2, 0.25) is 5.91 Å². The molecule has 4 rings (SSSR count). The van der Waals surface area contributed by atoms with Gasteiger partial charge in [-0.05, 0) is 42.7 Å². The number of hydrogen-bond donors (Lipinski definition) is 2. The quantitative estimate of drug-likeness (QED) is 0.644. The van der Waals surface area contributed by atoms with Crippen molar-refractivity contribution in [2.75, 3.05) is 23.3 Å². The van der Waals surface area contributed by atoms with Gasteiger partial charge in [-0.15, -0.1) is 0 Å². The maximum atomic E-state index is 12.5. The topological polar surface area (TPSA) is 119 Å². The third-order valence-electron chi connectivity index (χ3n) is 5.18. The van der Waals surface area contributed by atoms with Crippen LogP contribution in [0.25, 0.3) is 0 Å². The molecular weight excluding hydrogens is 382 g/mol. The van der Waals surface area contributed by atoms with Gasteiger partial charge in [-0.25, -0.2) is 14.6 Å². The zero-order valence-electron chi connectivity index (χ0n) is 16.4. The fourth-order valence-corrected chi connectivity index (χ4v) is 3.53. The molecule has 0 spiro atoms. The Bertz CT molecular complexity index is 1000. The molecule has 1 saturated heterocycles. The normalized spacial score (nSPS) is 16.3. The number of nitrogens with two attached hydrogens (primary N) is 1. The number of carbonyl (C=O) groups excluding carboxylic acids is 2. The van der Waals surface area contributed by atoms with Gasteiger partial charge < -0.3 is 16.0 Å². The highest BCUT2D eigenvalue weighted by atomic mass is 16.2. The summed E-state index contributed by atoms with van der Waals surface area (Å²) in [6, 6.07) is 11.0. The lowest BCUT2D eigenvalue weighted by atomic mass is 9.97. The molecule has 2 amide bonds. The number of anilines is 2. The van der Waals surface area contributed by atoms with Gasteiger partial charge in [-0.2, -0.15) is 5.10 Å². The molecule has 3 N–H and O–H groups in total. The van der Waals surface area contributed by atoms with E-state index in [9.17, 15) is 9.59 Å². The third-order valence-corrected chi connectivity index (χ3v) is 5.18. The molecule has 9 heteroatoms. The summed E-state index contributed by atoms with van der Waals surface area (Å²) in [6.07, 6.45) is 6.48. The van der Waals surface area contributed by atoms with E-state index in [-0.39, 0.29) is 17.7 Å². The molecule has 0 saturated carbocycles. The Balaban J connectivity index is 1.36. The van der Waals surface area contributed by atoms with Crippen LogP contribution in [0.5, 0.6) is 0 Å². The van der Waals surface area contributed by atoms with Crippen LogP contribution in [-0.4, -0.2) is 44.7 Å². The largest absolute Gasteiger partial charge is 0.369 e. The Labute approximate surface area is 173 Å². The SMILES string of the molecule is NC(=O)C1CCCN(c2ccc(NC(=O)c3ccc(Cn4cncn4)cc3)cn2)C1. The molecule has 3 heterocycles. The second kappa shape index (κ2) is 8.73. The summed E-state index contributed by atoms with van der Waals surface area (Å²) >= 11 is 0. The minimum absolute atomic E-state index is 0.146. The van der Waals surface area contributed by atoms with Gasteiger partial charge >= 0.3 is 0 Å². The summed E-state index contributed by atoms with van der Waals surface area (Å²) in [4.78, 5) is 34.4. The highest BCUT2D eigenvalue weighted by molar-refractivity contribution is 6.04. The van der Waals surface area contributed by atoms with Crippen molar-refractivity contribution in [2.24, 2.45) is 11.7 Å². The van der Waals surface area contributed by atoms with Crippen molar-refractivity contribution >= 4 is 23.3 Å². The van der Waals surface area contributed by atoms with Gasteiger partial charge in [0.05, 0.1) is 24.3 Å². The fraction of sp³-hybridized carbons (Fsp3) is 0.286. The number of pyridine rings is 1. The lowest BCUT2D eigenvalue weighted by molar-refractivity contribution is -0.122. The Morgan fingerprint density at radius 3 is 2.67 bits per heavy atom. The summed E-state index contributed by atoms with van der Waals surface area (Å²) in [5.74, 6) is 0.156. The number of carbonyl (C=O) groups is 2. The highest BCUT2D eigenvalue weighted by Gasteiger charge is 2.24. The van der Waals surface area contributed by atoms with Gasteiger partial charge in [0, 0.05) is 18.7 Å². The van der Waals surface area contributed by atoms with Crippen LogP contribution in [0.2, 0.25) is 0 Å². The molecule has 9 nitrogen and oxygen atoms in total. The number of nitrogens with zero attached hydrogens (tertiary/aromatic N) is 5. The van der Waals surface area contributed by atoms with Crippen LogP contribution in [-0.2, 0) is 11.3 Å². The first-order valence-electron chi connectivity index (χ1n) is 9.81. The van der Waals surface area contributed by atoms with Crippen LogP contribution in [0.1, 0.15) is 28.8 Å². The van der Waals surface area contributed by atoms with Crippen molar-refractivity contribution in [3.05, 3.63) is 66.4 Å². The minimum Gasteiger partial charge on any atom is -0.369 e. The molecule has 0 bridgehead atoms. The van der Waals surface area contributed by atoms with E-state index < -0.39 is 0 Å². The van der Waals surface area contributed by atoms with E-state index in [1.54, 1.807) is 29.3 Å². The first kappa shape index (κ1) is 19.6. The zero-order valence-corrected chi connectivity index (χ0v) is 16.4. The van der Waals surface area contributed by atoms with Crippen molar-refractivity contribution in [3.8, 4) is 0 Å². The average Bonchev–Trinajstić information content (AvgIpc) is 3.28. The van der Waals surface area contributed by atoms with Gasteiger partial charge in [-0.3, -0.25) is 9.59 Å². The van der Waals surface area contributed by atoms with Crippen molar-refractivity contribution in [3.63, 3.8) is 0 Å². The molecule has 2 aromatic heterocycles. The Morgan fingerprint density at radius 2 is 2.00 bits per heavy atom. The lowest BCUT2D eigenvalue weighted by Crippen LogP contribution is -2.41. The maximum Gasteiger partial charge on any atom is 0.255 e. The number of primary amides is 1. The number of aromatic nitrogens is 4. The van der Waals surface area contributed by atoms with E-state index in [4.69, 9.17) is 5.73 Å². The van der Waals surface area contributed by atoms with Crippen molar-refractivity contribution in [1.82, 2.24) is 19.7 Å². The molecule has 0 aliphatic carbocycles. The van der Waals surface area contributed by atoms with Crippen LogP contribution in [0.4, 0.5) is 11.5 Å². The molecule has 1 aromatic carbocycles. The molecule has 1 aliphatic heterocycles. The first-order chi connectivity index (χ1) is 14.6. The molecular formula is C21H23N7O2. The van der Waals surface area contributed by atoms with Gasteiger partial charge in [0.1, 0.15) is 18.5 Å². The molecule has 0 radical (unpaired) electrons. The molecule has 154 valence electrons. The van der Waals surface area contributed by atoms with E-state index in [0.717, 1.165) is 30.8 Å². The van der Waals surface area contributed by atoms with Crippen molar-refractivity contribution < 1.29 is 9.59 Å². The second-order valence-electron chi connectivity index (χ2n) is 7.34. The van der Waals surface area contributed by atoms with Crippen LogP contribution in [0, 0.1) is 5.92 Å². The van der Waals surface area contributed by atoms with Crippen LogP contribution >= 0.6 is 0 Å². The lowest BCUT2D eigenvalue weighted by Gasteiger charge is -2.32. The summed E-state index contributed by atoms with van der Waals surface area (Å²) in [5.41, 5.74) is 7.64. The number of hydrogen-bond acceptors (Lipinski definition) is 6. The highest BCUT2D eigenvalue weighted by Crippen LogP contribution is 2.22. The minimum atomic E-state index is -0.268. The Kier molecular flexibility index (Phi) is 5.69. The smallest absolute Gasteiger partial charge is 0.255 e. The maximum absolute atomic E-state index is 12.5. The molecule has 1 aliphatic rings. The number of rotatable bonds is 6. The summed E-state index contributed by atoms with van der Waals surface area (Å²) in [5, 5.41) is 6.93. The zero-order chi connectivity index (χ0) is 20.9. The predicted octanol–water partition coefficient (Wildman–Crippen LogP) is 1.68. The third kappa shape index (κ3) is 4.62. The summed E-state index contributed by atoms with van der Waals surface area (Å²) < 4.78 is 1.72. The average molecular weight is 405 g/mol. The van der Waals surface area contributed by atoms with Crippen LogP contribution < -0.4 is 16.0 Å². The Hall–Kier alpha value is -3.75. The summed E-state index contributed by atoms with van der Waals surface area (Å²) in [7, 11) is 0. The number of nitrogens with one attached hydrogen (secondary N) is 1. The molecule has 1 fully saturated rings. The van der Waals surface area contributed by atoms with E-state index >= 15 is 0 Å². The number of piperidine rings is 1. The number of amides is 2. The van der Waals surface area contributed by atoms with E-state index in [1.807, 2.05) is 24.3 Å². The second-order valence-corrected chi connectivity index (χ2v) is 7.34. The van der Waals surface area contributed by atoms with E-state index in [0.29, 0.717) is 24.3 Å². The van der Waals surface area contributed by atoms with Crippen molar-refractivity contribution in [1.29, 1.82) is 0 Å². The molecule has 1 unspecified atom stereocenters. The van der Waals surface area contributed by atoms with Gasteiger partial charge in [-0.1, -0.05) is 12.1 Å². The fourth-order valence-electron chi connectivity index (χ4n) is 3.53. The van der Waals surface area contributed by atoms with Gasteiger partial charge in [0.25, 0.3) is 5.91 Å². The summed E-state index contributed by atoms with van der Waals surface area (Å²) in [6.45, 7) is 2.01. The molecule has 3 aromatic rings. The standard InChI is InChI=1S/C21H23N7O2/c22-20(29)17-2-1-9-27(12-17)19-8-7-18(10-24-19)26-21(30)16-5-3-15(4-6-16)11-28-14-23-13-25-28/h3-8,10,13-14,17H,1-2,9,11-12H2,(H2,22,29)(H,26,30). The molecule has 1 atom stereocenters. The van der Waals surface area contributed by atoms with E-state index in [1.165, 1.54) is 6.33 Å². The van der Waals surface area contributed by atoms with Crippen molar-refractivity contribution in [2.45, 2.75) is 19.4 Å². The Morgan fingerprint density at radius 1 is 1.17 bits per heavy atom. The predicted molar refractivity (Wildman–Crippen MR) is 112 cm³/mol. The van der Waals surface area contributed by atoms with E-state index in [2.05, 4.69) is 25.3 Å². The van der Waals surface area contributed by atoms with Crippen LogP contribution in [0.3, 0.4) is 0 Å². The molecule has 30 heavy (non-hydrogen) atoms.